The Bertz CT molecular complexity index is 772. The number of hydrogen-bond acceptors (Lipinski definition) is 7. The van der Waals surface area contributed by atoms with E-state index >= 15 is 0 Å². The van der Waals surface area contributed by atoms with Crippen LogP contribution in [0.1, 0.15) is 32.1 Å². The van der Waals surface area contributed by atoms with Crippen molar-refractivity contribution in [3.8, 4) is 6.07 Å². The van der Waals surface area contributed by atoms with Gasteiger partial charge in [0.05, 0.1) is 12.6 Å². The van der Waals surface area contributed by atoms with E-state index in [0.717, 1.165) is 45.2 Å². The minimum atomic E-state index is -1.26. The van der Waals surface area contributed by atoms with Gasteiger partial charge in [0, 0.05) is 31.3 Å². The topological polar surface area (TPSA) is 161 Å². The molecule has 1 saturated carbocycles. The fourth-order valence-corrected chi connectivity index (χ4v) is 3.69. The molecule has 0 aromatic carbocycles. The lowest BCUT2D eigenvalue weighted by molar-refractivity contribution is -0.134. The van der Waals surface area contributed by atoms with E-state index < -0.39 is 11.9 Å². The Morgan fingerprint density at radius 3 is 2.53 bits per heavy atom. The summed E-state index contributed by atoms with van der Waals surface area (Å²) in [7, 11) is 0. The summed E-state index contributed by atoms with van der Waals surface area (Å²) < 4.78 is 1.87. The molecule has 30 heavy (non-hydrogen) atoms. The Kier molecular flexibility index (Phi) is 8.96. The van der Waals surface area contributed by atoms with Gasteiger partial charge in [-0.1, -0.05) is 0 Å². The minimum absolute atomic E-state index is 0.0591. The second-order valence-electron chi connectivity index (χ2n) is 7.26. The largest absolute Gasteiger partial charge is 0.478 e. The maximum Gasteiger partial charge on any atom is 0.328 e. The van der Waals surface area contributed by atoms with Crippen LogP contribution in [0.2, 0.25) is 0 Å². The summed E-state index contributed by atoms with van der Waals surface area (Å²) in [6.07, 6.45) is 9.48. The quantitative estimate of drug-likeness (QED) is 0.527. The standard InChI is InChI=1S/C15H22N6O.C4H4O4/c16-7-14-2-1-5-21(14)15(22)8-18-13-4-3-12(6-13)9-20-11-17-10-19-20;5-3(6)1-2-4(7)8/h10-14,18H,1-6,8-9H2;1-2H,(H,5,6)(H,7,8)/b;2-1-/t12-,13+,14-;/m0./s1. The van der Waals surface area contributed by atoms with Crippen LogP contribution in [0.15, 0.2) is 24.8 Å². The molecular formula is C19H26N6O5. The number of carboxylic acid groups (broad SMARTS) is 2. The van der Waals surface area contributed by atoms with Gasteiger partial charge in [0.1, 0.15) is 18.7 Å². The highest BCUT2D eigenvalue weighted by Crippen LogP contribution is 2.26. The predicted molar refractivity (Wildman–Crippen MR) is 104 cm³/mol. The van der Waals surface area contributed by atoms with Crippen LogP contribution >= 0.6 is 0 Å². The smallest absolute Gasteiger partial charge is 0.328 e. The number of carboxylic acids is 2. The zero-order valence-electron chi connectivity index (χ0n) is 16.6. The summed E-state index contributed by atoms with van der Waals surface area (Å²) in [5, 5.41) is 32.2. The summed E-state index contributed by atoms with van der Waals surface area (Å²) in [5.74, 6) is -1.86. The van der Waals surface area contributed by atoms with Gasteiger partial charge >= 0.3 is 11.9 Å². The number of rotatable bonds is 7. The average Bonchev–Trinajstić information content (AvgIpc) is 3.47. The normalized spacial score (nSPS) is 23.0. The molecule has 0 unspecified atom stereocenters. The van der Waals surface area contributed by atoms with Crippen molar-refractivity contribution in [2.24, 2.45) is 5.92 Å². The van der Waals surface area contributed by atoms with E-state index in [9.17, 15) is 14.4 Å². The van der Waals surface area contributed by atoms with Crippen molar-refractivity contribution in [2.75, 3.05) is 13.1 Å². The predicted octanol–water partition coefficient (Wildman–Crippen LogP) is 0.263. The molecule has 1 saturated heterocycles. The van der Waals surface area contributed by atoms with Crippen molar-refractivity contribution >= 4 is 17.8 Å². The highest BCUT2D eigenvalue weighted by Gasteiger charge is 2.30. The second kappa shape index (κ2) is 11.7. The van der Waals surface area contributed by atoms with E-state index in [1.54, 1.807) is 17.6 Å². The molecule has 1 aromatic rings. The Hall–Kier alpha value is -3.26. The van der Waals surface area contributed by atoms with Crippen LogP contribution in [-0.2, 0) is 20.9 Å². The van der Waals surface area contributed by atoms with Gasteiger partial charge in [-0.2, -0.15) is 10.4 Å². The number of nitrogens with zero attached hydrogens (tertiary/aromatic N) is 5. The molecular weight excluding hydrogens is 392 g/mol. The van der Waals surface area contributed by atoms with Gasteiger partial charge in [0.15, 0.2) is 0 Å². The number of likely N-dealkylation sites (tertiary alicyclic amines) is 1. The maximum atomic E-state index is 12.2. The van der Waals surface area contributed by atoms with Gasteiger partial charge in [0.2, 0.25) is 5.91 Å². The molecule has 2 heterocycles. The molecule has 0 bridgehead atoms. The number of aliphatic carboxylic acids is 2. The number of amides is 1. The van der Waals surface area contributed by atoms with Crippen LogP contribution in [0.4, 0.5) is 0 Å². The Balaban J connectivity index is 0.000000343. The molecule has 11 nitrogen and oxygen atoms in total. The maximum absolute atomic E-state index is 12.2. The summed E-state index contributed by atoms with van der Waals surface area (Å²) >= 11 is 0. The molecule has 0 spiro atoms. The summed E-state index contributed by atoms with van der Waals surface area (Å²) in [4.78, 5) is 37.0. The number of carbonyl (C=O) groups excluding carboxylic acids is 1. The van der Waals surface area contributed by atoms with Crippen LogP contribution in [0.5, 0.6) is 0 Å². The monoisotopic (exact) mass is 418 g/mol. The average molecular weight is 418 g/mol. The molecule has 2 aliphatic rings. The van der Waals surface area contributed by atoms with E-state index in [1.807, 2.05) is 4.68 Å². The van der Waals surface area contributed by atoms with Crippen LogP contribution in [-0.4, -0.2) is 72.9 Å². The minimum Gasteiger partial charge on any atom is -0.478 e. The summed E-state index contributed by atoms with van der Waals surface area (Å²) in [6.45, 7) is 1.96. The van der Waals surface area contributed by atoms with E-state index in [1.165, 1.54) is 0 Å². The van der Waals surface area contributed by atoms with Gasteiger partial charge in [-0.25, -0.2) is 14.6 Å². The molecule has 0 radical (unpaired) electrons. The van der Waals surface area contributed by atoms with E-state index in [4.69, 9.17) is 15.5 Å². The second-order valence-corrected chi connectivity index (χ2v) is 7.26. The van der Waals surface area contributed by atoms with Gasteiger partial charge in [-0.05, 0) is 38.0 Å². The fraction of sp³-hybridized carbons (Fsp3) is 0.579. The van der Waals surface area contributed by atoms with Gasteiger partial charge in [0.25, 0.3) is 0 Å². The molecule has 1 amide bonds. The number of nitriles is 1. The van der Waals surface area contributed by atoms with E-state index in [2.05, 4.69) is 21.5 Å². The van der Waals surface area contributed by atoms with E-state index in [0.29, 0.717) is 30.7 Å². The van der Waals surface area contributed by atoms with Gasteiger partial charge in [-0.3, -0.25) is 9.48 Å². The highest BCUT2D eigenvalue weighted by molar-refractivity contribution is 5.89. The lowest BCUT2D eigenvalue weighted by Gasteiger charge is -2.21. The van der Waals surface area contributed by atoms with Crippen LogP contribution < -0.4 is 5.32 Å². The van der Waals surface area contributed by atoms with Crippen molar-refractivity contribution in [3.05, 3.63) is 24.8 Å². The first-order valence-electron chi connectivity index (χ1n) is 9.77. The Labute approximate surface area is 174 Å². The lowest BCUT2D eigenvalue weighted by atomic mass is 10.1. The molecule has 3 rings (SSSR count). The number of aromatic nitrogens is 3. The lowest BCUT2D eigenvalue weighted by Crippen LogP contribution is -2.42. The van der Waals surface area contributed by atoms with Crippen LogP contribution in [0.3, 0.4) is 0 Å². The number of nitrogens with one attached hydrogen (secondary N) is 1. The van der Waals surface area contributed by atoms with Crippen molar-refractivity contribution in [3.63, 3.8) is 0 Å². The zero-order valence-corrected chi connectivity index (χ0v) is 16.6. The van der Waals surface area contributed by atoms with Crippen molar-refractivity contribution < 1.29 is 24.6 Å². The molecule has 2 fully saturated rings. The summed E-state index contributed by atoms with van der Waals surface area (Å²) in [6, 6.07) is 2.38. The first kappa shape index (κ1) is 23.0. The molecule has 3 atom stereocenters. The van der Waals surface area contributed by atoms with Gasteiger partial charge < -0.3 is 20.4 Å². The zero-order chi connectivity index (χ0) is 21.9. The fourth-order valence-electron chi connectivity index (χ4n) is 3.69. The molecule has 1 aliphatic heterocycles. The third-order valence-corrected chi connectivity index (χ3v) is 5.09. The third kappa shape index (κ3) is 7.63. The molecule has 162 valence electrons. The number of hydrogen-bond donors (Lipinski definition) is 3. The molecule has 1 aliphatic carbocycles. The van der Waals surface area contributed by atoms with Crippen LogP contribution in [0.25, 0.3) is 0 Å². The van der Waals surface area contributed by atoms with Gasteiger partial charge in [-0.15, -0.1) is 0 Å². The van der Waals surface area contributed by atoms with Crippen LogP contribution in [0, 0.1) is 17.2 Å². The first-order valence-corrected chi connectivity index (χ1v) is 9.77. The van der Waals surface area contributed by atoms with Crippen molar-refractivity contribution in [2.45, 2.75) is 50.7 Å². The Morgan fingerprint density at radius 2 is 1.93 bits per heavy atom. The van der Waals surface area contributed by atoms with Crippen molar-refractivity contribution in [1.82, 2.24) is 25.0 Å². The highest BCUT2D eigenvalue weighted by atomic mass is 16.4. The van der Waals surface area contributed by atoms with Crippen molar-refractivity contribution in [1.29, 1.82) is 5.26 Å². The Morgan fingerprint density at radius 1 is 1.20 bits per heavy atom. The summed E-state index contributed by atoms with van der Waals surface area (Å²) in [5.41, 5.74) is 0. The molecule has 11 heteroatoms. The van der Waals surface area contributed by atoms with E-state index in [-0.39, 0.29) is 11.9 Å². The number of carbonyl (C=O) groups is 3. The molecule has 1 aromatic heterocycles. The SMILES string of the molecule is N#C[C@@H]1CCCN1C(=O)CN[C@@H]1CC[C@H](Cn2cncn2)C1.O=C(O)/C=C\C(=O)O. The first-order chi connectivity index (χ1) is 14.4. The third-order valence-electron chi connectivity index (χ3n) is 5.09. The molecule has 3 N–H and O–H groups in total.